The van der Waals surface area contributed by atoms with Crippen molar-refractivity contribution in [2.24, 2.45) is 0 Å². The molecule has 2 heterocycles. The Bertz CT molecular complexity index is 590. The fourth-order valence-electron chi connectivity index (χ4n) is 2.05. The molecule has 0 aliphatic heterocycles. The summed E-state index contributed by atoms with van der Waals surface area (Å²) in [6.45, 7) is 4.69. The third kappa shape index (κ3) is 2.81. The quantitative estimate of drug-likeness (QED) is 0.771. The molecular weight excluding hydrogens is 242 g/mol. The number of nitrogens with zero attached hydrogens (tertiary/aromatic N) is 3. The predicted molar refractivity (Wildman–Crippen MR) is 71.5 cm³/mol. The lowest BCUT2D eigenvalue weighted by molar-refractivity contribution is 0.0987. The fourth-order valence-corrected chi connectivity index (χ4v) is 2.05. The number of Topliss-reactive ketones (excluding diaryl/α,β-unsaturated/α-hetero) is 1. The number of hydrogen-bond acceptors (Lipinski definition) is 4. The van der Waals surface area contributed by atoms with Gasteiger partial charge in [-0.3, -0.25) is 14.5 Å². The lowest BCUT2D eigenvalue weighted by Crippen LogP contribution is -2.10. The van der Waals surface area contributed by atoms with E-state index in [4.69, 9.17) is 4.74 Å². The number of methoxy groups -OCH3 is 1. The van der Waals surface area contributed by atoms with Crippen molar-refractivity contribution < 1.29 is 9.53 Å². The van der Waals surface area contributed by atoms with Gasteiger partial charge in [0.2, 0.25) is 0 Å². The van der Waals surface area contributed by atoms with Crippen LogP contribution in [0.15, 0.2) is 24.5 Å². The molecule has 0 aliphatic rings. The maximum atomic E-state index is 12.3. The lowest BCUT2D eigenvalue weighted by Gasteiger charge is -2.07. The number of hydrogen-bond donors (Lipinski definition) is 0. The van der Waals surface area contributed by atoms with Crippen molar-refractivity contribution in [2.75, 3.05) is 7.11 Å². The minimum atomic E-state index is 0.00819. The average Bonchev–Trinajstić information content (AvgIpc) is 2.78. The summed E-state index contributed by atoms with van der Waals surface area (Å²) in [6, 6.07) is 3.62. The summed E-state index contributed by atoms with van der Waals surface area (Å²) in [5, 5.41) is 4.34. The van der Waals surface area contributed by atoms with E-state index in [1.54, 1.807) is 18.5 Å². The molecule has 0 fully saturated rings. The van der Waals surface area contributed by atoms with E-state index in [2.05, 4.69) is 10.1 Å². The number of ketones is 1. The van der Waals surface area contributed by atoms with Gasteiger partial charge in [-0.1, -0.05) is 0 Å². The van der Waals surface area contributed by atoms with Crippen molar-refractivity contribution in [1.29, 1.82) is 0 Å². The Morgan fingerprint density at radius 3 is 2.95 bits per heavy atom. The molecule has 0 radical (unpaired) electrons. The van der Waals surface area contributed by atoms with Gasteiger partial charge in [0, 0.05) is 18.4 Å². The third-order valence-corrected chi connectivity index (χ3v) is 2.93. The fraction of sp³-hybridized carbons (Fsp3) is 0.357. The van der Waals surface area contributed by atoms with Crippen LogP contribution in [0.3, 0.4) is 0 Å². The van der Waals surface area contributed by atoms with Gasteiger partial charge in [0.25, 0.3) is 0 Å². The van der Waals surface area contributed by atoms with E-state index in [0.29, 0.717) is 17.7 Å². The number of aromatic nitrogens is 3. The Hall–Kier alpha value is -2.17. The van der Waals surface area contributed by atoms with Crippen LogP contribution in [-0.2, 0) is 13.0 Å². The average molecular weight is 259 g/mol. The number of ether oxygens (including phenoxy) is 1. The molecule has 0 atom stereocenters. The normalized spacial score (nSPS) is 10.5. The van der Waals surface area contributed by atoms with Crippen molar-refractivity contribution in [3.8, 4) is 5.75 Å². The van der Waals surface area contributed by atoms with Gasteiger partial charge in [-0.05, 0) is 26.0 Å². The largest absolute Gasteiger partial charge is 0.494 e. The molecule has 0 unspecified atom stereocenters. The van der Waals surface area contributed by atoms with Gasteiger partial charge >= 0.3 is 0 Å². The van der Waals surface area contributed by atoms with E-state index < -0.39 is 0 Å². The molecule has 0 saturated carbocycles. The Labute approximate surface area is 112 Å². The SMILES string of the molecule is CCn1nc(C)cc1CC(=O)c1ccncc1OC. The molecule has 100 valence electrons. The van der Waals surface area contributed by atoms with E-state index in [-0.39, 0.29) is 5.78 Å². The minimum Gasteiger partial charge on any atom is -0.494 e. The summed E-state index contributed by atoms with van der Waals surface area (Å²) in [4.78, 5) is 16.3. The molecule has 0 bridgehead atoms. The Balaban J connectivity index is 2.25. The molecule has 0 N–H and O–H groups in total. The van der Waals surface area contributed by atoms with E-state index in [9.17, 15) is 4.79 Å². The van der Waals surface area contributed by atoms with Gasteiger partial charge in [0.15, 0.2) is 5.78 Å². The highest BCUT2D eigenvalue weighted by molar-refractivity contribution is 5.99. The van der Waals surface area contributed by atoms with Gasteiger partial charge in [0.05, 0.1) is 31.0 Å². The van der Waals surface area contributed by atoms with E-state index in [1.807, 2.05) is 24.6 Å². The monoisotopic (exact) mass is 259 g/mol. The molecule has 2 aromatic rings. The summed E-state index contributed by atoms with van der Waals surface area (Å²) in [5.41, 5.74) is 2.40. The van der Waals surface area contributed by atoms with E-state index in [1.165, 1.54) is 7.11 Å². The van der Waals surface area contributed by atoms with Crippen LogP contribution in [-0.4, -0.2) is 27.7 Å². The first-order valence-electron chi connectivity index (χ1n) is 6.20. The van der Waals surface area contributed by atoms with Crippen LogP contribution < -0.4 is 4.74 Å². The first-order valence-corrected chi connectivity index (χ1v) is 6.20. The van der Waals surface area contributed by atoms with Gasteiger partial charge in [0.1, 0.15) is 5.75 Å². The molecule has 2 rings (SSSR count). The van der Waals surface area contributed by atoms with Crippen molar-refractivity contribution in [1.82, 2.24) is 14.8 Å². The second-order valence-electron chi connectivity index (χ2n) is 4.27. The molecule has 0 aliphatic carbocycles. The molecule has 2 aromatic heterocycles. The zero-order chi connectivity index (χ0) is 13.8. The second-order valence-corrected chi connectivity index (χ2v) is 4.27. The molecule has 0 saturated heterocycles. The highest BCUT2D eigenvalue weighted by Crippen LogP contribution is 2.18. The molecule has 0 aromatic carbocycles. The summed E-state index contributed by atoms with van der Waals surface area (Å²) in [5.74, 6) is 0.514. The van der Waals surface area contributed by atoms with E-state index >= 15 is 0 Å². The molecule has 0 spiro atoms. The summed E-state index contributed by atoms with van der Waals surface area (Å²) in [7, 11) is 1.54. The summed E-state index contributed by atoms with van der Waals surface area (Å²) < 4.78 is 7.01. The van der Waals surface area contributed by atoms with Gasteiger partial charge in [-0.15, -0.1) is 0 Å². The standard InChI is InChI=1S/C14H17N3O2/c1-4-17-11(7-10(2)16-17)8-13(18)12-5-6-15-9-14(12)19-3/h5-7,9H,4,8H2,1-3H3. The highest BCUT2D eigenvalue weighted by Gasteiger charge is 2.15. The van der Waals surface area contributed by atoms with Crippen LogP contribution in [0.1, 0.15) is 28.7 Å². The Kier molecular flexibility index (Phi) is 3.94. The number of carbonyl (C=O) groups is 1. The first-order chi connectivity index (χ1) is 9.15. The Morgan fingerprint density at radius 1 is 1.47 bits per heavy atom. The third-order valence-electron chi connectivity index (χ3n) is 2.93. The van der Waals surface area contributed by atoms with Gasteiger partial charge in [-0.25, -0.2) is 0 Å². The number of aryl methyl sites for hydroxylation is 2. The van der Waals surface area contributed by atoms with Crippen molar-refractivity contribution in [2.45, 2.75) is 26.8 Å². The van der Waals surface area contributed by atoms with Crippen LogP contribution in [0, 0.1) is 6.92 Å². The number of rotatable bonds is 5. The molecular formula is C14H17N3O2. The predicted octanol–water partition coefficient (Wildman–Crippen LogP) is 2.04. The van der Waals surface area contributed by atoms with Crippen LogP contribution >= 0.6 is 0 Å². The zero-order valence-corrected chi connectivity index (χ0v) is 11.4. The topological polar surface area (TPSA) is 57.0 Å². The summed E-state index contributed by atoms with van der Waals surface area (Å²) in [6.07, 6.45) is 3.46. The van der Waals surface area contributed by atoms with Crippen LogP contribution in [0.2, 0.25) is 0 Å². The van der Waals surface area contributed by atoms with Gasteiger partial charge in [-0.2, -0.15) is 5.10 Å². The molecule has 19 heavy (non-hydrogen) atoms. The van der Waals surface area contributed by atoms with E-state index in [0.717, 1.165) is 17.9 Å². The van der Waals surface area contributed by atoms with Gasteiger partial charge < -0.3 is 4.74 Å². The number of pyridine rings is 1. The second kappa shape index (κ2) is 5.65. The van der Waals surface area contributed by atoms with Crippen LogP contribution in [0.5, 0.6) is 5.75 Å². The first kappa shape index (κ1) is 13.3. The molecule has 5 heteroatoms. The minimum absolute atomic E-state index is 0.00819. The Morgan fingerprint density at radius 2 is 2.26 bits per heavy atom. The zero-order valence-electron chi connectivity index (χ0n) is 11.4. The van der Waals surface area contributed by atoms with Crippen LogP contribution in [0.25, 0.3) is 0 Å². The highest BCUT2D eigenvalue weighted by atomic mass is 16.5. The van der Waals surface area contributed by atoms with Crippen molar-refractivity contribution in [3.05, 3.63) is 41.5 Å². The van der Waals surface area contributed by atoms with Crippen molar-refractivity contribution in [3.63, 3.8) is 0 Å². The molecule has 5 nitrogen and oxygen atoms in total. The molecule has 0 amide bonds. The summed E-state index contributed by atoms with van der Waals surface area (Å²) >= 11 is 0. The lowest BCUT2D eigenvalue weighted by atomic mass is 10.1. The number of carbonyl (C=O) groups excluding carboxylic acids is 1. The maximum Gasteiger partial charge on any atom is 0.172 e. The van der Waals surface area contributed by atoms with Crippen molar-refractivity contribution >= 4 is 5.78 Å². The smallest absolute Gasteiger partial charge is 0.172 e. The van der Waals surface area contributed by atoms with Crippen LogP contribution in [0.4, 0.5) is 0 Å². The maximum absolute atomic E-state index is 12.3.